The van der Waals surface area contributed by atoms with Gasteiger partial charge in [-0.05, 0) is 37.0 Å². The molecule has 0 aliphatic heterocycles. The van der Waals surface area contributed by atoms with Crippen LogP contribution in [0.15, 0.2) is 54.6 Å². The highest BCUT2D eigenvalue weighted by Gasteiger charge is 2.21. The van der Waals surface area contributed by atoms with Gasteiger partial charge in [-0.3, -0.25) is 0 Å². The van der Waals surface area contributed by atoms with Crippen molar-refractivity contribution >= 4 is 6.09 Å². The molecule has 0 unspecified atom stereocenters. The van der Waals surface area contributed by atoms with Crippen molar-refractivity contribution in [3.05, 3.63) is 71.3 Å². The Morgan fingerprint density at radius 3 is 2.37 bits per heavy atom. The van der Waals surface area contributed by atoms with E-state index in [9.17, 15) is 15.0 Å². The van der Waals surface area contributed by atoms with Crippen LogP contribution in [0.5, 0.6) is 0 Å². The third-order valence-corrected chi connectivity index (χ3v) is 4.39. The molecule has 6 nitrogen and oxygen atoms in total. The Morgan fingerprint density at radius 1 is 1.07 bits per heavy atom. The van der Waals surface area contributed by atoms with Gasteiger partial charge in [-0.15, -0.1) is 0 Å². The van der Waals surface area contributed by atoms with E-state index < -0.39 is 23.8 Å². The Bertz CT molecular complexity index is 728. The number of rotatable bonds is 9. The molecule has 0 aliphatic rings. The Balaban J connectivity index is 1.93. The van der Waals surface area contributed by atoms with Crippen molar-refractivity contribution in [2.45, 2.75) is 44.6 Å². The quantitative estimate of drug-likeness (QED) is 0.465. The van der Waals surface area contributed by atoms with Gasteiger partial charge in [-0.2, -0.15) is 0 Å². The maximum atomic E-state index is 11.1. The molecule has 2 aromatic rings. The minimum atomic E-state index is -1.16. The molecule has 0 aromatic heterocycles. The zero-order valence-corrected chi connectivity index (χ0v) is 15.7. The number of aliphatic hydroxyl groups excluding tert-OH is 1. The molecule has 27 heavy (non-hydrogen) atoms. The summed E-state index contributed by atoms with van der Waals surface area (Å²) in [5, 5.41) is 35.2. The van der Waals surface area contributed by atoms with E-state index in [-0.39, 0.29) is 6.54 Å². The van der Waals surface area contributed by atoms with Crippen LogP contribution in [-0.4, -0.2) is 40.1 Å². The van der Waals surface area contributed by atoms with E-state index >= 15 is 0 Å². The summed E-state index contributed by atoms with van der Waals surface area (Å²) in [5.74, 6) is 0. The van der Waals surface area contributed by atoms with Gasteiger partial charge in [-0.1, -0.05) is 54.6 Å². The predicted molar refractivity (Wildman–Crippen MR) is 104 cm³/mol. The molecule has 0 fully saturated rings. The molecule has 0 aliphatic carbocycles. The highest BCUT2D eigenvalue weighted by atomic mass is 16.4. The molecule has 0 saturated heterocycles. The Labute approximate surface area is 159 Å². The van der Waals surface area contributed by atoms with Crippen LogP contribution in [0.3, 0.4) is 0 Å². The van der Waals surface area contributed by atoms with Crippen LogP contribution in [-0.2, 0) is 18.6 Å². The van der Waals surface area contributed by atoms with Gasteiger partial charge in [0.05, 0.1) is 17.7 Å². The predicted octanol–water partition coefficient (Wildman–Crippen LogP) is 2.24. The molecule has 6 heteroatoms. The summed E-state index contributed by atoms with van der Waals surface area (Å²) < 4.78 is 0. The Hall–Kier alpha value is -2.41. The number of benzene rings is 2. The van der Waals surface area contributed by atoms with E-state index in [2.05, 4.69) is 10.6 Å². The molecule has 0 heterocycles. The van der Waals surface area contributed by atoms with Crippen LogP contribution in [0.2, 0.25) is 0 Å². The minimum Gasteiger partial charge on any atom is -0.465 e. The van der Waals surface area contributed by atoms with Crippen molar-refractivity contribution in [3.63, 3.8) is 0 Å². The lowest BCUT2D eigenvalue weighted by Crippen LogP contribution is -2.48. The van der Waals surface area contributed by atoms with E-state index in [1.807, 2.05) is 54.6 Å². The average Bonchev–Trinajstić information content (AvgIpc) is 2.61. The fraction of sp³-hybridized carbons (Fsp3) is 0.381. The van der Waals surface area contributed by atoms with Gasteiger partial charge in [0, 0.05) is 13.1 Å². The van der Waals surface area contributed by atoms with Crippen LogP contribution in [0, 0.1) is 0 Å². The second-order valence-electron chi connectivity index (χ2n) is 7.20. The lowest BCUT2D eigenvalue weighted by Gasteiger charge is -2.23. The second kappa shape index (κ2) is 9.50. The largest absolute Gasteiger partial charge is 0.465 e. The van der Waals surface area contributed by atoms with Gasteiger partial charge in [0.2, 0.25) is 0 Å². The number of nitrogens with one attached hydrogen (secondary N) is 2. The first-order chi connectivity index (χ1) is 12.8. The second-order valence-corrected chi connectivity index (χ2v) is 7.20. The third-order valence-electron chi connectivity index (χ3n) is 4.39. The van der Waals surface area contributed by atoms with Gasteiger partial charge in [0.25, 0.3) is 0 Å². The molecule has 2 atom stereocenters. The lowest BCUT2D eigenvalue weighted by atomic mass is 9.96. The molecule has 2 aromatic carbocycles. The molecule has 0 bridgehead atoms. The van der Waals surface area contributed by atoms with Gasteiger partial charge < -0.3 is 26.0 Å². The summed E-state index contributed by atoms with van der Waals surface area (Å²) in [5.41, 5.74) is 1.83. The van der Waals surface area contributed by atoms with Crippen LogP contribution >= 0.6 is 0 Å². The fourth-order valence-corrected chi connectivity index (χ4v) is 2.88. The number of amides is 1. The molecule has 0 saturated carbocycles. The molecule has 0 spiro atoms. The van der Waals surface area contributed by atoms with Crippen LogP contribution < -0.4 is 10.6 Å². The van der Waals surface area contributed by atoms with E-state index in [0.717, 1.165) is 16.7 Å². The first kappa shape index (κ1) is 20.9. The van der Waals surface area contributed by atoms with Crippen molar-refractivity contribution in [2.24, 2.45) is 0 Å². The lowest BCUT2D eigenvalue weighted by molar-refractivity contribution is 0.0785. The molecular weight excluding hydrogens is 344 g/mol. The Morgan fingerprint density at radius 2 is 1.74 bits per heavy atom. The number of hydrogen-bond acceptors (Lipinski definition) is 4. The van der Waals surface area contributed by atoms with Crippen molar-refractivity contribution in [1.29, 1.82) is 0 Å². The summed E-state index contributed by atoms with van der Waals surface area (Å²) >= 11 is 0. The third kappa shape index (κ3) is 7.02. The minimum absolute atomic E-state index is 0.241. The summed E-state index contributed by atoms with van der Waals surface area (Å²) in [6.45, 7) is 4.21. The molecule has 5 N–H and O–H groups in total. The molecule has 2 rings (SSSR count). The topological polar surface area (TPSA) is 102 Å². The molecular formula is C21H28N2O4. The summed E-state index contributed by atoms with van der Waals surface area (Å²) in [6.07, 6.45) is -1.63. The fourth-order valence-electron chi connectivity index (χ4n) is 2.88. The highest BCUT2D eigenvalue weighted by molar-refractivity contribution is 5.65. The molecule has 1 amide bonds. The van der Waals surface area contributed by atoms with Gasteiger partial charge in [-0.25, -0.2) is 4.79 Å². The van der Waals surface area contributed by atoms with Gasteiger partial charge >= 0.3 is 6.09 Å². The highest BCUT2D eigenvalue weighted by Crippen LogP contribution is 2.20. The smallest absolute Gasteiger partial charge is 0.404 e. The van der Waals surface area contributed by atoms with Gasteiger partial charge in [0.1, 0.15) is 0 Å². The number of carbonyl (C=O) groups is 1. The summed E-state index contributed by atoms with van der Waals surface area (Å²) in [6, 6.07) is 16.4. The number of aliphatic hydroxyl groups is 2. The Kier molecular flexibility index (Phi) is 7.36. The summed E-state index contributed by atoms with van der Waals surface area (Å²) in [4.78, 5) is 11.1. The van der Waals surface area contributed by atoms with Crippen molar-refractivity contribution < 1.29 is 20.1 Å². The molecule has 146 valence electrons. The van der Waals surface area contributed by atoms with Crippen LogP contribution in [0.25, 0.3) is 0 Å². The van der Waals surface area contributed by atoms with Crippen molar-refractivity contribution in [1.82, 2.24) is 10.6 Å². The van der Waals surface area contributed by atoms with E-state index in [0.29, 0.717) is 13.0 Å². The first-order valence-electron chi connectivity index (χ1n) is 8.99. The zero-order chi connectivity index (χ0) is 19.9. The number of hydrogen-bond donors (Lipinski definition) is 5. The first-order valence-corrected chi connectivity index (χ1v) is 8.99. The van der Waals surface area contributed by atoms with E-state index in [1.54, 1.807) is 13.8 Å². The van der Waals surface area contributed by atoms with E-state index in [4.69, 9.17) is 5.11 Å². The normalized spacial score (nSPS) is 13.8. The standard InChI is InChI=1S/C21H28N2O4/c1-21(2,27)17-10-6-9-16(11-17)13-22-14-19(24)18(23-20(25)26)12-15-7-4-3-5-8-15/h3-11,18-19,22-24,27H,12-14H2,1-2H3,(H,25,26)/t18-,19+/m0/s1. The maximum absolute atomic E-state index is 11.1. The van der Waals surface area contributed by atoms with Crippen molar-refractivity contribution in [2.75, 3.05) is 6.54 Å². The van der Waals surface area contributed by atoms with Crippen LogP contribution in [0.1, 0.15) is 30.5 Å². The van der Waals surface area contributed by atoms with Crippen LogP contribution in [0.4, 0.5) is 4.79 Å². The SMILES string of the molecule is CC(C)(O)c1cccc(CNC[C@@H](O)[C@H](Cc2ccccc2)NC(=O)O)c1. The summed E-state index contributed by atoms with van der Waals surface area (Å²) in [7, 11) is 0. The van der Waals surface area contributed by atoms with E-state index in [1.165, 1.54) is 0 Å². The number of carboxylic acid groups (broad SMARTS) is 1. The average molecular weight is 372 g/mol. The van der Waals surface area contributed by atoms with Crippen molar-refractivity contribution in [3.8, 4) is 0 Å². The maximum Gasteiger partial charge on any atom is 0.404 e. The monoisotopic (exact) mass is 372 g/mol. The molecule has 0 radical (unpaired) electrons. The van der Waals surface area contributed by atoms with Gasteiger partial charge in [0.15, 0.2) is 0 Å². The zero-order valence-electron chi connectivity index (χ0n) is 15.7.